The lowest BCUT2D eigenvalue weighted by Crippen LogP contribution is -2.29. The zero-order chi connectivity index (χ0) is 11.6. The second kappa shape index (κ2) is 4.24. The fourth-order valence-electron chi connectivity index (χ4n) is 1.89. The van der Waals surface area contributed by atoms with Crippen molar-refractivity contribution in [3.8, 4) is 6.07 Å². The summed E-state index contributed by atoms with van der Waals surface area (Å²) >= 11 is 0. The van der Waals surface area contributed by atoms with Crippen LogP contribution < -0.4 is 0 Å². The molecule has 1 saturated heterocycles. The Morgan fingerprint density at radius 2 is 2.00 bits per heavy atom. The largest absolute Gasteiger partial charge is 0.215 e. The molecule has 0 radical (unpaired) electrons. The molecule has 2 rings (SSSR count). The number of hydrogen-bond acceptors (Lipinski definition) is 3. The van der Waals surface area contributed by atoms with E-state index in [0.29, 0.717) is 13.0 Å². The summed E-state index contributed by atoms with van der Waals surface area (Å²) in [6.07, 6.45) is 0.605. The highest BCUT2D eigenvalue weighted by Gasteiger charge is 2.35. The minimum absolute atomic E-state index is 0.151. The van der Waals surface area contributed by atoms with Gasteiger partial charge in [0, 0.05) is 6.54 Å². The summed E-state index contributed by atoms with van der Waals surface area (Å²) in [4.78, 5) is 0. The maximum absolute atomic E-state index is 11.7. The molecule has 1 aromatic carbocycles. The third kappa shape index (κ3) is 1.94. The van der Waals surface area contributed by atoms with E-state index in [-0.39, 0.29) is 5.75 Å². The Hall–Kier alpha value is -1.38. The van der Waals surface area contributed by atoms with Crippen molar-refractivity contribution in [2.24, 2.45) is 0 Å². The Morgan fingerprint density at radius 1 is 1.31 bits per heavy atom. The molecule has 4 nitrogen and oxygen atoms in total. The van der Waals surface area contributed by atoms with Crippen molar-refractivity contribution in [2.75, 3.05) is 12.3 Å². The van der Waals surface area contributed by atoms with Gasteiger partial charge < -0.3 is 0 Å². The first kappa shape index (κ1) is 11.1. The van der Waals surface area contributed by atoms with Gasteiger partial charge in [-0.2, -0.15) is 9.57 Å². The molecule has 84 valence electrons. The van der Waals surface area contributed by atoms with Gasteiger partial charge in [-0.15, -0.1) is 0 Å². The van der Waals surface area contributed by atoms with Crippen LogP contribution in [0.3, 0.4) is 0 Å². The minimum atomic E-state index is -3.24. The summed E-state index contributed by atoms with van der Waals surface area (Å²) < 4.78 is 24.7. The van der Waals surface area contributed by atoms with Crippen LogP contribution in [0.4, 0.5) is 0 Å². The molecule has 1 aliphatic rings. The van der Waals surface area contributed by atoms with Gasteiger partial charge in [-0.25, -0.2) is 8.42 Å². The van der Waals surface area contributed by atoms with Crippen LogP contribution in [0.5, 0.6) is 0 Å². The second-order valence-electron chi connectivity index (χ2n) is 3.72. The lowest BCUT2D eigenvalue weighted by molar-refractivity contribution is 0.403. The summed E-state index contributed by atoms with van der Waals surface area (Å²) in [5, 5.41) is 9.12. The fraction of sp³-hybridized carbons (Fsp3) is 0.364. The van der Waals surface area contributed by atoms with E-state index >= 15 is 0 Å². The summed E-state index contributed by atoms with van der Waals surface area (Å²) in [5.74, 6) is 0.151. The maximum atomic E-state index is 11.7. The van der Waals surface area contributed by atoms with Crippen LogP contribution in [0.2, 0.25) is 0 Å². The van der Waals surface area contributed by atoms with Gasteiger partial charge in [0.2, 0.25) is 10.0 Å². The standard InChI is InChI=1S/C11H12N2O2S/c12-9-11(10-5-2-1-3-6-10)13-7-4-8-16(13,14)15/h1-3,5-6,11H,4,7-8H2. The molecule has 16 heavy (non-hydrogen) atoms. The smallest absolute Gasteiger partial charge is 0.212 e. The average Bonchev–Trinajstić information content (AvgIpc) is 2.62. The third-order valence-corrected chi connectivity index (χ3v) is 4.58. The molecule has 0 spiro atoms. The summed E-state index contributed by atoms with van der Waals surface area (Å²) in [5.41, 5.74) is 0.732. The number of nitrogens with zero attached hydrogens (tertiary/aromatic N) is 2. The summed E-state index contributed by atoms with van der Waals surface area (Å²) in [7, 11) is -3.24. The van der Waals surface area contributed by atoms with Gasteiger partial charge in [0.05, 0.1) is 11.8 Å². The van der Waals surface area contributed by atoms with E-state index in [0.717, 1.165) is 5.56 Å². The van der Waals surface area contributed by atoms with Crippen LogP contribution in [0.25, 0.3) is 0 Å². The molecule has 0 amide bonds. The number of nitriles is 1. The highest BCUT2D eigenvalue weighted by molar-refractivity contribution is 7.89. The van der Waals surface area contributed by atoms with Crippen molar-refractivity contribution < 1.29 is 8.42 Å². The Balaban J connectivity index is 2.36. The van der Waals surface area contributed by atoms with Gasteiger partial charge in [-0.05, 0) is 12.0 Å². The lowest BCUT2D eigenvalue weighted by Gasteiger charge is -2.20. The van der Waals surface area contributed by atoms with Gasteiger partial charge in [-0.1, -0.05) is 30.3 Å². The van der Waals surface area contributed by atoms with E-state index in [9.17, 15) is 8.42 Å². The molecule has 1 atom stereocenters. The predicted octanol–water partition coefficient (Wildman–Crippen LogP) is 1.29. The zero-order valence-corrected chi connectivity index (χ0v) is 9.52. The van der Waals surface area contributed by atoms with Crippen molar-refractivity contribution in [1.29, 1.82) is 5.26 Å². The van der Waals surface area contributed by atoms with Gasteiger partial charge >= 0.3 is 0 Å². The second-order valence-corrected chi connectivity index (χ2v) is 5.76. The molecule has 1 fully saturated rings. The monoisotopic (exact) mass is 236 g/mol. The normalized spacial score (nSPS) is 21.4. The first-order valence-electron chi connectivity index (χ1n) is 5.09. The molecule has 1 unspecified atom stereocenters. The molecule has 1 aliphatic heterocycles. The molecule has 0 N–H and O–H groups in total. The van der Waals surface area contributed by atoms with Crippen LogP contribution in [0, 0.1) is 11.3 Å². The Morgan fingerprint density at radius 3 is 2.50 bits per heavy atom. The van der Waals surface area contributed by atoms with Crippen LogP contribution in [-0.2, 0) is 10.0 Å². The molecule has 1 aromatic rings. The van der Waals surface area contributed by atoms with Crippen LogP contribution in [0.1, 0.15) is 18.0 Å². The average molecular weight is 236 g/mol. The topological polar surface area (TPSA) is 61.2 Å². The third-order valence-electron chi connectivity index (χ3n) is 2.66. The number of hydrogen-bond donors (Lipinski definition) is 0. The van der Waals surface area contributed by atoms with E-state index in [4.69, 9.17) is 5.26 Å². The Bertz CT molecular complexity index is 505. The number of benzene rings is 1. The quantitative estimate of drug-likeness (QED) is 0.777. The highest BCUT2D eigenvalue weighted by Crippen LogP contribution is 2.27. The van der Waals surface area contributed by atoms with E-state index in [1.54, 1.807) is 12.1 Å². The predicted molar refractivity (Wildman–Crippen MR) is 59.9 cm³/mol. The van der Waals surface area contributed by atoms with Gasteiger partial charge in [0.15, 0.2) is 0 Å². The van der Waals surface area contributed by atoms with E-state index in [2.05, 4.69) is 6.07 Å². The van der Waals surface area contributed by atoms with Crippen LogP contribution in [-0.4, -0.2) is 25.0 Å². The lowest BCUT2D eigenvalue weighted by atomic mass is 10.1. The molecule has 1 heterocycles. The van der Waals surface area contributed by atoms with Gasteiger partial charge in [0.25, 0.3) is 0 Å². The molecule has 0 aliphatic carbocycles. The Labute approximate surface area is 95.2 Å². The van der Waals surface area contributed by atoms with E-state index in [1.165, 1.54) is 4.31 Å². The maximum Gasteiger partial charge on any atom is 0.215 e. The first-order valence-corrected chi connectivity index (χ1v) is 6.70. The first-order chi connectivity index (χ1) is 7.65. The van der Waals surface area contributed by atoms with Gasteiger partial charge in [-0.3, -0.25) is 0 Å². The summed E-state index contributed by atoms with van der Waals surface area (Å²) in [6.45, 7) is 0.440. The van der Waals surface area contributed by atoms with Gasteiger partial charge in [0.1, 0.15) is 6.04 Å². The molecular weight excluding hydrogens is 224 g/mol. The molecular formula is C11H12N2O2S. The summed E-state index contributed by atoms with van der Waals surface area (Å²) in [6, 6.07) is 10.4. The van der Waals surface area contributed by atoms with Crippen molar-refractivity contribution in [3.63, 3.8) is 0 Å². The molecule has 0 aromatic heterocycles. The van der Waals surface area contributed by atoms with Crippen molar-refractivity contribution in [3.05, 3.63) is 35.9 Å². The molecule has 0 bridgehead atoms. The van der Waals surface area contributed by atoms with E-state index in [1.807, 2.05) is 18.2 Å². The van der Waals surface area contributed by atoms with E-state index < -0.39 is 16.1 Å². The fourth-order valence-corrected chi connectivity index (χ4v) is 3.52. The van der Waals surface area contributed by atoms with Crippen LogP contribution in [0.15, 0.2) is 30.3 Å². The SMILES string of the molecule is N#CC(c1ccccc1)N1CCCS1(=O)=O. The minimum Gasteiger partial charge on any atom is -0.212 e. The van der Waals surface area contributed by atoms with Crippen molar-refractivity contribution >= 4 is 10.0 Å². The van der Waals surface area contributed by atoms with Crippen LogP contribution >= 0.6 is 0 Å². The molecule has 0 saturated carbocycles. The number of rotatable bonds is 2. The Kier molecular flexibility index (Phi) is 2.95. The number of sulfonamides is 1. The van der Waals surface area contributed by atoms with Crippen molar-refractivity contribution in [1.82, 2.24) is 4.31 Å². The van der Waals surface area contributed by atoms with Crippen molar-refractivity contribution in [2.45, 2.75) is 12.5 Å². The highest BCUT2D eigenvalue weighted by atomic mass is 32.2. The molecule has 5 heteroatoms. The zero-order valence-electron chi connectivity index (χ0n) is 8.70.